The van der Waals surface area contributed by atoms with Crippen LogP contribution in [0.15, 0.2) is 65.7 Å². The Balaban J connectivity index is 1.20. The molecule has 0 spiro atoms. The molecule has 3 heterocycles. The highest BCUT2D eigenvalue weighted by Crippen LogP contribution is 2.24. The number of hydrogen-bond acceptors (Lipinski definition) is 6. The Bertz CT molecular complexity index is 1530. The van der Waals surface area contributed by atoms with Crippen LogP contribution < -0.4 is 4.90 Å². The molecular formula is C26H27ClN4O4S. The number of carbonyl (C=O) groups is 1. The summed E-state index contributed by atoms with van der Waals surface area (Å²) >= 11 is 6.01. The lowest BCUT2D eigenvalue weighted by molar-refractivity contribution is -0.131. The summed E-state index contributed by atoms with van der Waals surface area (Å²) in [4.78, 5) is 21.5. The van der Waals surface area contributed by atoms with Crippen LogP contribution >= 0.6 is 11.6 Å². The molecule has 4 aromatic rings. The highest BCUT2D eigenvalue weighted by molar-refractivity contribution is 7.91. The second-order valence-electron chi connectivity index (χ2n) is 8.91. The Labute approximate surface area is 214 Å². The topological polar surface area (TPSA) is 95.2 Å². The number of aliphatic hydroxyl groups is 1. The lowest BCUT2D eigenvalue weighted by Gasteiger charge is -2.36. The molecule has 2 aromatic heterocycles. The standard InChI is InChI=1S/C26H27ClN4O4S/c27-21-6-4-20-17-23(7-5-19(20)16-21)36(34,35)15-9-26(33)30-12-10-29(11-13-30)25-3-1-2-24-28-22(8-14-32)18-31(24)25/h1-7,16-18,32H,8-15H2. The molecule has 1 fully saturated rings. The fourth-order valence-corrected chi connectivity index (χ4v) is 6.05. The van der Waals surface area contributed by atoms with E-state index in [0.717, 1.165) is 27.9 Å². The molecule has 1 aliphatic rings. The number of sulfone groups is 1. The molecule has 1 aliphatic heterocycles. The van der Waals surface area contributed by atoms with Gasteiger partial charge in [-0.05, 0) is 47.2 Å². The van der Waals surface area contributed by atoms with Crippen molar-refractivity contribution in [1.29, 1.82) is 0 Å². The van der Waals surface area contributed by atoms with Crippen LogP contribution in [0.1, 0.15) is 12.1 Å². The summed E-state index contributed by atoms with van der Waals surface area (Å²) in [5.74, 6) is 0.598. The maximum atomic E-state index is 12.9. The summed E-state index contributed by atoms with van der Waals surface area (Å²) in [5, 5.41) is 11.5. The monoisotopic (exact) mass is 526 g/mol. The number of benzene rings is 2. The molecule has 5 rings (SSSR count). The molecule has 2 aromatic carbocycles. The minimum Gasteiger partial charge on any atom is -0.396 e. The minimum absolute atomic E-state index is 0.0471. The zero-order valence-corrected chi connectivity index (χ0v) is 21.2. The first-order chi connectivity index (χ1) is 17.3. The highest BCUT2D eigenvalue weighted by Gasteiger charge is 2.25. The average molecular weight is 527 g/mol. The SMILES string of the molecule is O=C(CCS(=O)(=O)c1ccc2cc(Cl)ccc2c1)N1CCN(c2cccc3nc(CCO)cn23)CC1. The summed E-state index contributed by atoms with van der Waals surface area (Å²) in [6.45, 7) is 2.36. The van der Waals surface area contributed by atoms with E-state index in [-0.39, 0.29) is 29.6 Å². The number of aromatic nitrogens is 2. The number of hydrogen-bond donors (Lipinski definition) is 1. The summed E-state index contributed by atoms with van der Waals surface area (Å²) in [6.07, 6.45) is 2.38. The summed E-state index contributed by atoms with van der Waals surface area (Å²) in [6, 6.07) is 16.1. The first-order valence-electron chi connectivity index (χ1n) is 11.9. The third kappa shape index (κ3) is 5.04. The van der Waals surface area contributed by atoms with Crippen LogP contribution in [0.3, 0.4) is 0 Å². The third-order valence-corrected chi connectivity index (χ3v) is 8.51. The number of piperazine rings is 1. The molecule has 1 saturated heterocycles. The number of halogens is 1. The lowest BCUT2D eigenvalue weighted by Crippen LogP contribution is -2.49. The van der Waals surface area contributed by atoms with Crippen molar-refractivity contribution in [3.63, 3.8) is 0 Å². The van der Waals surface area contributed by atoms with E-state index < -0.39 is 9.84 Å². The molecule has 0 bridgehead atoms. The van der Waals surface area contributed by atoms with Crippen LogP contribution in [0.4, 0.5) is 5.82 Å². The Morgan fingerprint density at radius 2 is 1.75 bits per heavy atom. The third-order valence-electron chi connectivity index (χ3n) is 6.56. The number of carbonyl (C=O) groups excluding carboxylic acids is 1. The van der Waals surface area contributed by atoms with Crippen LogP contribution in [0, 0.1) is 0 Å². The maximum Gasteiger partial charge on any atom is 0.223 e. The van der Waals surface area contributed by atoms with Gasteiger partial charge >= 0.3 is 0 Å². The van der Waals surface area contributed by atoms with Gasteiger partial charge in [-0.1, -0.05) is 29.8 Å². The highest BCUT2D eigenvalue weighted by atomic mass is 35.5. The number of amides is 1. The van der Waals surface area contributed by atoms with Gasteiger partial charge in [0.2, 0.25) is 5.91 Å². The Hall–Kier alpha value is -3.14. The predicted molar refractivity (Wildman–Crippen MR) is 140 cm³/mol. The minimum atomic E-state index is -3.60. The number of fused-ring (bicyclic) bond motifs is 2. The Morgan fingerprint density at radius 1 is 1.00 bits per heavy atom. The fraction of sp³-hybridized carbons (Fsp3) is 0.308. The molecule has 0 aliphatic carbocycles. The molecule has 1 N–H and O–H groups in total. The van der Waals surface area contributed by atoms with Crippen molar-refractivity contribution in [2.24, 2.45) is 0 Å². The van der Waals surface area contributed by atoms with Gasteiger partial charge in [-0.25, -0.2) is 13.4 Å². The van der Waals surface area contributed by atoms with Crippen molar-refractivity contribution >= 4 is 49.6 Å². The normalized spacial score (nSPS) is 14.6. The van der Waals surface area contributed by atoms with E-state index in [1.54, 1.807) is 41.3 Å². The van der Waals surface area contributed by atoms with Crippen molar-refractivity contribution in [2.45, 2.75) is 17.7 Å². The molecule has 0 unspecified atom stereocenters. The average Bonchev–Trinajstić information content (AvgIpc) is 3.30. The Morgan fingerprint density at radius 3 is 2.53 bits per heavy atom. The van der Waals surface area contributed by atoms with Gasteiger partial charge in [0, 0.05) is 56.8 Å². The molecular weight excluding hydrogens is 500 g/mol. The summed E-state index contributed by atoms with van der Waals surface area (Å²) < 4.78 is 27.8. The molecule has 0 atom stereocenters. The zero-order chi connectivity index (χ0) is 25.3. The van der Waals surface area contributed by atoms with Crippen molar-refractivity contribution in [1.82, 2.24) is 14.3 Å². The maximum absolute atomic E-state index is 12.9. The van der Waals surface area contributed by atoms with Gasteiger partial charge in [0.15, 0.2) is 9.84 Å². The molecule has 1 amide bonds. The van der Waals surface area contributed by atoms with Crippen LogP contribution in [0.5, 0.6) is 0 Å². The van der Waals surface area contributed by atoms with E-state index in [1.165, 1.54) is 0 Å². The van der Waals surface area contributed by atoms with E-state index in [2.05, 4.69) is 9.88 Å². The van der Waals surface area contributed by atoms with Crippen molar-refractivity contribution in [2.75, 3.05) is 43.4 Å². The van der Waals surface area contributed by atoms with Crippen LogP contribution in [0.2, 0.25) is 5.02 Å². The fourth-order valence-electron chi connectivity index (χ4n) is 4.61. The summed E-state index contributed by atoms with van der Waals surface area (Å²) in [5.41, 5.74) is 1.65. The number of rotatable bonds is 7. The van der Waals surface area contributed by atoms with Crippen molar-refractivity contribution in [3.8, 4) is 0 Å². The smallest absolute Gasteiger partial charge is 0.223 e. The van der Waals surface area contributed by atoms with E-state index in [1.807, 2.05) is 28.8 Å². The first kappa shape index (κ1) is 24.5. The van der Waals surface area contributed by atoms with Crippen LogP contribution in [-0.2, 0) is 21.1 Å². The quantitative estimate of drug-likeness (QED) is 0.397. The van der Waals surface area contributed by atoms with Gasteiger partial charge in [0.1, 0.15) is 11.5 Å². The Kier molecular flexibility index (Phi) is 6.87. The number of pyridine rings is 1. The van der Waals surface area contributed by atoms with E-state index in [4.69, 9.17) is 11.6 Å². The van der Waals surface area contributed by atoms with Crippen molar-refractivity contribution < 1.29 is 18.3 Å². The van der Waals surface area contributed by atoms with Crippen LogP contribution in [-0.4, -0.2) is 72.3 Å². The number of nitrogens with zero attached hydrogens (tertiary/aromatic N) is 4. The molecule has 0 saturated carbocycles. The van der Waals surface area contributed by atoms with E-state index in [9.17, 15) is 18.3 Å². The lowest BCUT2D eigenvalue weighted by atomic mass is 10.1. The largest absolute Gasteiger partial charge is 0.396 e. The second-order valence-corrected chi connectivity index (χ2v) is 11.5. The summed E-state index contributed by atoms with van der Waals surface area (Å²) in [7, 11) is -3.60. The first-order valence-corrected chi connectivity index (χ1v) is 13.9. The number of anilines is 1. The van der Waals surface area contributed by atoms with Crippen LogP contribution in [0.25, 0.3) is 16.4 Å². The number of imidazole rings is 1. The van der Waals surface area contributed by atoms with Gasteiger partial charge in [-0.2, -0.15) is 0 Å². The molecule has 0 radical (unpaired) electrons. The van der Waals surface area contributed by atoms with Gasteiger partial charge in [0.05, 0.1) is 16.3 Å². The molecule has 36 heavy (non-hydrogen) atoms. The zero-order valence-electron chi connectivity index (χ0n) is 19.7. The molecule has 188 valence electrons. The van der Waals surface area contributed by atoms with Crippen molar-refractivity contribution in [3.05, 3.63) is 71.5 Å². The van der Waals surface area contributed by atoms with E-state index >= 15 is 0 Å². The van der Waals surface area contributed by atoms with Gasteiger partial charge in [-0.3, -0.25) is 9.20 Å². The molecule has 10 heteroatoms. The van der Waals surface area contributed by atoms with Gasteiger partial charge in [-0.15, -0.1) is 0 Å². The second kappa shape index (κ2) is 10.1. The van der Waals surface area contributed by atoms with Gasteiger partial charge in [0.25, 0.3) is 0 Å². The predicted octanol–water partition coefficient (Wildman–Crippen LogP) is 3.19. The van der Waals surface area contributed by atoms with Gasteiger partial charge < -0.3 is 14.9 Å². The molecule has 8 nitrogen and oxygen atoms in total. The number of aliphatic hydroxyl groups excluding tert-OH is 1. The van der Waals surface area contributed by atoms with E-state index in [0.29, 0.717) is 37.6 Å².